The third-order valence-electron chi connectivity index (χ3n) is 6.91. The van der Waals surface area contributed by atoms with E-state index in [4.69, 9.17) is 9.97 Å². The van der Waals surface area contributed by atoms with Crippen LogP contribution in [-0.2, 0) is 9.59 Å². The largest absolute Gasteiger partial charge is 0.305 e. The number of carbonyl (C=O) groups is 2. The molecule has 2 amide bonds. The molecule has 6 heteroatoms. The third kappa shape index (κ3) is 5.13. The molecule has 2 aromatic heterocycles. The van der Waals surface area contributed by atoms with Crippen LogP contribution in [0.25, 0.3) is 11.4 Å². The predicted molar refractivity (Wildman–Crippen MR) is 143 cm³/mol. The standard InChI is InChI=1S/C30H38N4O2/c1-5-7-9-11-19-33-27(23-17-13-15-21(3)31-23)25-26(29(33)35)28(24-18-14-16-22(4)32-24)34(30(25)36)20-12-10-8-6-2/h13-18H,5-12,19-20H2,1-4H3. The quantitative estimate of drug-likeness (QED) is 0.342. The minimum absolute atomic E-state index is 0.109. The number of rotatable bonds is 12. The van der Waals surface area contributed by atoms with E-state index in [2.05, 4.69) is 13.8 Å². The number of fused-ring (bicyclic) bond motifs is 1. The number of aromatic nitrogens is 2. The maximum Gasteiger partial charge on any atom is 0.261 e. The number of nitrogens with zero attached hydrogens (tertiary/aromatic N) is 4. The number of aryl methyl sites for hydroxylation is 2. The van der Waals surface area contributed by atoms with Crippen LogP contribution in [0.3, 0.4) is 0 Å². The van der Waals surface area contributed by atoms with E-state index in [1.165, 1.54) is 0 Å². The highest BCUT2D eigenvalue weighted by atomic mass is 16.2. The third-order valence-corrected chi connectivity index (χ3v) is 6.91. The van der Waals surface area contributed by atoms with E-state index in [0.717, 1.165) is 62.8 Å². The molecular formula is C30H38N4O2. The van der Waals surface area contributed by atoms with Crippen LogP contribution in [-0.4, -0.2) is 44.7 Å². The molecule has 4 rings (SSSR count). The van der Waals surface area contributed by atoms with Crippen LogP contribution in [0.15, 0.2) is 47.5 Å². The fourth-order valence-corrected chi connectivity index (χ4v) is 5.10. The summed E-state index contributed by atoms with van der Waals surface area (Å²) >= 11 is 0. The number of pyridine rings is 2. The Bertz CT molecular complexity index is 1100. The van der Waals surface area contributed by atoms with Crippen molar-refractivity contribution in [2.75, 3.05) is 13.1 Å². The van der Waals surface area contributed by atoms with Gasteiger partial charge in [-0.25, -0.2) is 0 Å². The highest BCUT2D eigenvalue weighted by molar-refractivity contribution is 6.30. The first-order chi connectivity index (χ1) is 17.5. The molecule has 36 heavy (non-hydrogen) atoms. The molecule has 4 heterocycles. The van der Waals surface area contributed by atoms with Gasteiger partial charge in [-0.15, -0.1) is 0 Å². The fourth-order valence-electron chi connectivity index (χ4n) is 5.10. The minimum atomic E-state index is -0.109. The van der Waals surface area contributed by atoms with E-state index in [-0.39, 0.29) is 11.8 Å². The second kappa shape index (κ2) is 11.6. The van der Waals surface area contributed by atoms with E-state index in [1.54, 1.807) is 9.80 Å². The van der Waals surface area contributed by atoms with Gasteiger partial charge in [-0.2, -0.15) is 0 Å². The van der Waals surface area contributed by atoms with Crippen LogP contribution in [0.5, 0.6) is 0 Å². The highest BCUT2D eigenvalue weighted by Crippen LogP contribution is 2.46. The summed E-state index contributed by atoms with van der Waals surface area (Å²) in [6.07, 6.45) is 8.39. The molecule has 0 atom stereocenters. The van der Waals surface area contributed by atoms with Crippen molar-refractivity contribution in [3.63, 3.8) is 0 Å². The molecule has 0 aliphatic carbocycles. The van der Waals surface area contributed by atoms with Crippen molar-refractivity contribution in [2.24, 2.45) is 0 Å². The Balaban J connectivity index is 1.85. The van der Waals surface area contributed by atoms with Gasteiger partial charge < -0.3 is 9.80 Å². The molecule has 0 radical (unpaired) electrons. The summed E-state index contributed by atoms with van der Waals surface area (Å²) in [6.45, 7) is 9.38. The highest BCUT2D eigenvalue weighted by Gasteiger charge is 2.49. The molecule has 0 bridgehead atoms. The van der Waals surface area contributed by atoms with Crippen LogP contribution >= 0.6 is 0 Å². The van der Waals surface area contributed by atoms with E-state index in [1.807, 2.05) is 50.2 Å². The van der Waals surface area contributed by atoms with Crippen molar-refractivity contribution in [3.05, 3.63) is 70.3 Å². The Morgan fingerprint density at radius 1 is 0.611 bits per heavy atom. The van der Waals surface area contributed by atoms with Gasteiger partial charge in [0.15, 0.2) is 0 Å². The molecule has 0 spiro atoms. The molecule has 0 saturated heterocycles. The SMILES string of the molecule is CCCCCCN1C(=O)C2=C(c3cccc(C)n3)N(CCCCCC)C(=O)C2=C1c1cccc(C)n1. The lowest BCUT2D eigenvalue weighted by atomic mass is 10.1. The van der Waals surface area contributed by atoms with Crippen molar-refractivity contribution < 1.29 is 9.59 Å². The van der Waals surface area contributed by atoms with Crippen molar-refractivity contribution in [3.8, 4) is 0 Å². The average molecular weight is 487 g/mol. The Morgan fingerprint density at radius 3 is 1.39 bits per heavy atom. The normalized spacial score (nSPS) is 15.6. The Labute approximate surface area is 215 Å². The topological polar surface area (TPSA) is 66.4 Å². The molecule has 0 saturated carbocycles. The fraction of sp³-hybridized carbons (Fsp3) is 0.467. The van der Waals surface area contributed by atoms with Crippen molar-refractivity contribution in [2.45, 2.75) is 79.1 Å². The van der Waals surface area contributed by atoms with Crippen LogP contribution in [0.4, 0.5) is 0 Å². The van der Waals surface area contributed by atoms with Gasteiger partial charge in [0, 0.05) is 24.5 Å². The first-order valence-corrected chi connectivity index (χ1v) is 13.5. The summed E-state index contributed by atoms with van der Waals surface area (Å²) < 4.78 is 0. The summed E-state index contributed by atoms with van der Waals surface area (Å²) in [5.41, 5.74) is 5.37. The molecule has 0 fully saturated rings. The molecule has 0 unspecified atom stereocenters. The van der Waals surface area contributed by atoms with Crippen LogP contribution in [0.2, 0.25) is 0 Å². The first-order valence-electron chi connectivity index (χ1n) is 13.5. The Kier molecular flexibility index (Phi) is 8.34. The summed E-state index contributed by atoms with van der Waals surface area (Å²) in [6, 6.07) is 11.6. The van der Waals surface area contributed by atoms with E-state index in [0.29, 0.717) is 47.0 Å². The maximum absolute atomic E-state index is 14.0. The van der Waals surface area contributed by atoms with Gasteiger partial charge in [-0.05, 0) is 51.0 Å². The minimum Gasteiger partial charge on any atom is -0.305 e. The van der Waals surface area contributed by atoms with Gasteiger partial charge in [0.25, 0.3) is 11.8 Å². The molecule has 2 aliphatic heterocycles. The molecule has 0 aromatic carbocycles. The molecule has 2 aliphatic rings. The Morgan fingerprint density at radius 2 is 1.03 bits per heavy atom. The van der Waals surface area contributed by atoms with E-state index in [9.17, 15) is 9.59 Å². The number of hydrogen-bond acceptors (Lipinski definition) is 4. The lowest BCUT2D eigenvalue weighted by Crippen LogP contribution is -2.31. The van der Waals surface area contributed by atoms with E-state index >= 15 is 0 Å². The average Bonchev–Trinajstić information content (AvgIpc) is 3.31. The lowest BCUT2D eigenvalue weighted by Gasteiger charge is -2.25. The first kappa shape index (κ1) is 25.8. The monoisotopic (exact) mass is 486 g/mol. The van der Waals surface area contributed by atoms with Gasteiger partial charge >= 0.3 is 0 Å². The summed E-state index contributed by atoms with van der Waals surface area (Å²) in [4.78, 5) is 41.2. The van der Waals surface area contributed by atoms with Crippen molar-refractivity contribution in [1.82, 2.24) is 19.8 Å². The van der Waals surface area contributed by atoms with Crippen LogP contribution < -0.4 is 0 Å². The molecule has 190 valence electrons. The summed E-state index contributed by atoms with van der Waals surface area (Å²) in [5, 5.41) is 0. The lowest BCUT2D eigenvalue weighted by molar-refractivity contribution is -0.124. The zero-order valence-electron chi connectivity index (χ0n) is 22.1. The zero-order chi connectivity index (χ0) is 25.7. The summed E-state index contributed by atoms with van der Waals surface area (Å²) in [5.74, 6) is -0.218. The van der Waals surface area contributed by atoms with Gasteiger partial charge in [0.05, 0.1) is 33.9 Å². The number of unbranched alkanes of at least 4 members (excludes halogenated alkanes) is 6. The van der Waals surface area contributed by atoms with Gasteiger partial charge in [0.2, 0.25) is 0 Å². The molecule has 0 N–H and O–H groups in total. The second-order valence-electron chi connectivity index (χ2n) is 9.81. The van der Waals surface area contributed by atoms with E-state index < -0.39 is 0 Å². The van der Waals surface area contributed by atoms with Crippen molar-refractivity contribution in [1.29, 1.82) is 0 Å². The predicted octanol–water partition coefficient (Wildman–Crippen LogP) is 6.06. The Hall–Kier alpha value is -3.28. The van der Waals surface area contributed by atoms with Gasteiger partial charge in [-0.1, -0.05) is 64.5 Å². The maximum atomic E-state index is 14.0. The molecule has 6 nitrogen and oxygen atoms in total. The second-order valence-corrected chi connectivity index (χ2v) is 9.81. The summed E-state index contributed by atoms with van der Waals surface area (Å²) in [7, 11) is 0. The number of carbonyl (C=O) groups excluding carboxylic acids is 2. The van der Waals surface area contributed by atoms with Crippen molar-refractivity contribution >= 4 is 23.2 Å². The van der Waals surface area contributed by atoms with Crippen LogP contribution in [0.1, 0.15) is 88.0 Å². The van der Waals surface area contributed by atoms with Gasteiger partial charge in [-0.3, -0.25) is 19.6 Å². The number of hydrogen-bond donors (Lipinski definition) is 0. The van der Waals surface area contributed by atoms with Crippen LogP contribution in [0, 0.1) is 13.8 Å². The van der Waals surface area contributed by atoms with Gasteiger partial charge in [0.1, 0.15) is 0 Å². The molecular weight excluding hydrogens is 448 g/mol. The smallest absolute Gasteiger partial charge is 0.261 e. The number of amides is 2. The molecule has 2 aromatic rings. The zero-order valence-corrected chi connectivity index (χ0v) is 22.1.